The number of esters is 1. The van der Waals surface area contributed by atoms with E-state index in [1.54, 1.807) is 44.2 Å². The number of ether oxygens (including phenoxy) is 1. The molecule has 1 unspecified atom stereocenters. The minimum atomic E-state index is -3.83. The van der Waals surface area contributed by atoms with E-state index in [1.807, 2.05) is 0 Å². The maximum atomic E-state index is 13.3. The van der Waals surface area contributed by atoms with Gasteiger partial charge in [0.1, 0.15) is 5.78 Å². The van der Waals surface area contributed by atoms with Crippen LogP contribution < -0.4 is 5.32 Å². The summed E-state index contributed by atoms with van der Waals surface area (Å²) in [5.41, 5.74) is -0.966. The lowest BCUT2D eigenvalue weighted by molar-refractivity contribution is -0.151. The number of carbonyl (C=O) groups excluding carboxylic acids is 2. The Morgan fingerprint density at radius 2 is 1.64 bits per heavy atom. The Bertz CT molecular complexity index is 621. The third kappa shape index (κ3) is 5.14. The largest absolute Gasteiger partial charge is 0.469 e. The van der Waals surface area contributed by atoms with Crippen molar-refractivity contribution in [3.8, 4) is 0 Å². The van der Waals surface area contributed by atoms with E-state index in [0.717, 1.165) is 0 Å². The van der Waals surface area contributed by atoms with E-state index in [4.69, 9.17) is 13.8 Å². The molecule has 0 fully saturated rings. The first kappa shape index (κ1) is 21.4. The highest BCUT2D eigenvalue weighted by Gasteiger charge is 2.51. The number of methoxy groups -OCH3 is 1. The Morgan fingerprint density at radius 3 is 2.08 bits per heavy atom. The molecule has 0 saturated heterocycles. The summed E-state index contributed by atoms with van der Waals surface area (Å²) in [6, 6.07) is 8.42. The Kier molecular flexibility index (Phi) is 7.80. The van der Waals surface area contributed by atoms with E-state index in [-0.39, 0.29) is 13.2 Å². The summed E-state index contributed by atoms with van der Waals surface area (Å²) in [6.45, 7) is 6.58. The Hall–Kier alpha value is -1.69. The lowest BCUT2D eigenvalue weighted by Crippen LogP contribution is -2.49. The van der Waals surface area contributed by atoms with Crippen molar-refractivity contribution in [1.82, 2.24) is 5.32 Å². The van der Waals surface area contributed by atoms with Gasteiger partial charge in [-0.1, -0.05) is 18.2 Å². The van der Waals surface area contributed by atoms with Gasteiger partial charge in [0, 0.05) is 5.56 Å². The van der Waals surface area contributed by atoms with Crippen molar-refractivity contribution >= 4 is 19.5 Å². The molecular weight excluding hydrogens is 345 g/mol. The molecule has 1 aromatic carbocycles. The molecule has 1 atom stereocenters. The third-order valence-electron chi connectivity index (χ3n) is 3.63. The average molecular weight is 371 g/mol. The maximum Gasteiger partial charge on any atom is 0.353 e. The van der Waals surface area contributed by atoms with Gasteiger partial charge in [0.15, 0.2) is 0 Å². The van der Waals surface area contributed by atoms with Crippen LogP contribution in [0.4, 0.5) is 0 Å². The predicted octanol–water partition coefficient (Wildman–Crippen LogP) is 3.21. The zero-order valence-electron chi connectivity index (χ0n) is 15.3. The highest BCUT2D eigenvalue weighted by atomic mass is 31.2. The van der Waals surface area contributed by atoms with Crippen molar-refractivity contribution in [2.24, 2.45) is 5.41 Å². The van der Waals surface area contributed by atoms with Crippen LogP contribution >= 0.6 is 7.60 Å². The molecule has 140 valence electrons. The van der Waals surface area contributed by atoms with Crippen molar-refractivity contribution in [2.45, 2.75) is 33.5 Å². The SMILES string of the molecule is CCOP(=O)(OCC)C(NC(=O)c1ccccc1)C(C)(C)C(=O)OC. The fraction of sp³-hybridized carbons (Fsp3) is 0.529. The summed E-state index contributed by atoms with van der Waals surface area (Å²) in [6.07, 6.45) is 0. The van der Waals surface area contributed by atoms with Crippen LogP contribution in [0.3, 0.4) is 0 Å². The molecule has 0 radical (unpaired) electrons. The van der Waals surface area contributed by atoms with Gasteiger partial charge >= 0.3 is 13.6 Å². The van der Waals surface area contributed by atoms with Crippen molar-refractivity contribution < 1.29 is 27.9 Å². The van der Waals surface area contributed by atoms with E-state index in [1.165, 1.54) is 21.0 Å². The predicted molar refractivity (Wildman–Crippen MR) is 94.4 cm³/mol. The zero-order valence-corrected chi connectivity index (χ0v) is 16.2. The molecular formula is C17H26NO6P. The molecule has 0 bridgehead atoms. The minimum absolute atomic E-state index is 0.103. The van der Waals surface area contributed by atoms with Crippen LogP contribution in [0.2, 0.25) is 0 Å². The van der Waals surface area contributed by atoms with Gasteiger partial charge in [0.2, 0.25) is 0 Å². The number of nitrogens with one attached hydrogen (secondary N) is 1. The normalized spacial score (nSPS) is 13.2. The van der Waals surface area contributed by atoms with E-state index in [2.05, 4.69) is 5.32 Å². The smallest absolute Gasteiger partial charge is 0.353 e. The monoisotopic (exact) mass is 371 g/mol. The molecule has 1 amide bonds. The van der Waals surface area contributed by atoms with Gasteiger partial charge in [0.05, 0.1) is 25.7 Å². The average Bonchev–Trinajstić information content (AvgIpc) is 2.59. The summed E-state index contributed by atoms with van der Waals surface area (Å²) in [4.78, 5) is 24.8. The van der Waals surface area contributed by atoms with Crippen LogP contribution in [0, 0.1) is 5.41 Å². The van der Waals surface area contributed by atoms with Gasteiger partial charge in [-0.3, -0.25) is 14.2 Å². The molecule has 0 aliphatic rings. The van der Waals surface area contributed by atoms with Gasteiger partial charge in [-0.05, 0) is 39.8 Å². The molecule has 0 aliphatic heterocycles. The summed E-state index contributed by atoms with van der Waals surface area (Å²) >= 11 is 0. The second-order valence-corrected chi connectivity index (χ2v) is 7.94. The summed E-state index contributed by atoms with van der Waals surface area (Å²) in [5, 5.41) is 2.65. The van der Waals surface area contributed by atoms with E-state index in [9.17, 15) is 14.2 Å². The Labute approximate surface area is 148 Å². The molecule has 0 aromatic heterocycles. The highest BCUT2D eigenvalue weighted by molar-refractivity contribution is 7.54. The summed E-state index contributed by atoms with van der Waals surface area (Å²) in [7, 11) is -2.60. The topological polar surface area (TPSA) is 90.9 Å². The van der Waals surface area contributed by atoms with Gasteiger partial charge in [0.25, 0.3) is 5.91 Å². The maximum absolute atomic E-state index is 13.3. The first-order chi connectivity index (χ1) is 11.7. The number of benzene rings is 1. The van der Waals surface area contributed by atoms with Crippen LogP contribution in [-0.4, -0.2) is 38.0 Å². The second-order valence-electron chi connectivity index (χ2n) is 5.83. The van der Waals surface area contributed by atoms with Crippen molar-refractivity contribution in [3.63, 3.8) is 0 Å². The number of hydrogen-bond donors (Lipinski definition) is 1. The minimum Gasteiger partial charge on any atom is -0.469 e. The summed E-state index contributed by atoms with van der Waals surface area (Å²) in [5.74, 6) is -2.33. The fourth-order valence-corrected chi connectivity index (χ4v) is 4.64. The molecule has 0 saturated carbocycles. The van der Waals surface area contributed by atoms with E-state index in [0.29, 0.717) is 5.56 Å². The van der Waals surface area contributed by atoms with Crippen molar-refractivity contribution in [1.29, 1.82) is 0 Å². The fourth-order valence-electron chi connectivity index (χ4n) is 2.37. The second kappa shape index (κ2) is 9.13. The zero-order chi connectivity index (χ0) is 19.1. The van der Waals surface area contributed by atoms with Crippen LogP contribution in [0.1, 0.15) is 38.1 Å². The van der Waals surface area contributed by atoms with Gasteiger partial charge in [-0.15, -0.1) is 0 Å². The molecule has 0 aliphatic carbocycles. The molecule has 8 heteroatoms. The quantitative estimate of drug-likeness (QED) is 0.529. The Balaban J connectivity index is 3.29. The van der Waals surface area contributed by atoms with Crippen LogP contribution in [0.25, 0.3) is 0 Å². The number of hydrogen-bond acceptors (Lipinski definition) is 6. The molecule has 1 aromatic rings. The molecule has 7 nitrogen and oxygen atoms in total. The van der Waals surface area contributed by atoms with Gasteiger partial charge < -0.3 is 19.1 Å². The molecule has 1 rings (SSSR count). The van der Waals surface area contributed by atoms with E-state index >= 15 is 0 Å². The van der Waals surface area contributed by atoms with Crippen LogP contribution in [-0.2, 0) is 23.1 Å². The lowest BCUT2D eigenvalue weighted by atomic mass is 9.93. The highest BCUT2D eigenvalue weighted by Crippen LogP contribution is 2.57. The molecule has 0 spiro atoms. The number of amides is 1. The van der Waals surface area contributed by atoms with Crippen LogP contribution in [0.15, 0.2) is 30.3 Å². The molecule has 1 N–H and O–H groups in total. The third-order valence-corrected chi connectivity index (χ3v) is 6.28. The van der Waals surface area contributed by atoms with Crippen molar-refractivity contribution in [2.75, 3.05) is 20.3 Å². The number of carbonyl (C=O) groups is 2. The lowest BCUT2D eigenvalue weighted by Gasteiger charge is -2.36. The van der Waals surface area contributed by atoms with Gasteiger partial charge in [-0.25, -0.2) is 0 Å². The first-order valence-electron chi connectivity index (χ1n) is 8.06. The van der Waals surface area contributed by atoms with Crippen molar-refractivity contribution in [3.05, 3.63) is 35.9 Å². The molecule has 0 heterocycles. The standard InChI is InChI=1S/C17H26NO6P/c1-6-23-25(21,24-7-2)15(17(3,4)16(20)22-5)18-14(19)13-11-9-8-10-12-13/h8-12,15H,6-7H2,1-5H3,(H,18,19). The Morgan fingerprint density at radius 1 is 1.12 bits per heavy atom. The van der Waals surface area contributed by atoms with Crippen LogP contribution in [0.5, 0.6) is 0 Å². The molecule has 25 heavy (non-hydrogen) atoms. The van der Waals surface area contributed by atoms with E-state index < -0.39 is 30.7 Å². The number of rotatable bonds is 9. The van der Waals surface area contributed by atoms with Gasteiger partial charge in [-0.2, -0.15) is 0 Å². The first-order valence-corrected chi connectivity index (χ1v) is 9.67. The summed E-state index contributed by atoms with van der Waals surface area (Å²) < 4.78 is 28.8.